The molecule has 0 saturated heterocycles. The minimum Gasteiger partial charge on any atom is -0.507 e. The molecule has 2 aromatic carbocycles. The SMILES string of the molecule is CCC(C)(Pc1ccccc1C=NC(C)(C)C)c1cc(C)cc(C(C)(C)C)c1O. The van der Waals surface area contributed by atoms with Gasteiger partial charge in [-0.3, -0.25) is 4.99 Å². The van der Waals surface area contributed by atoms with E-state index >= 15 is 0 Å². The van der Waals surface area contributed by atoms with Gasteiger partial charge in [0.2, 0.25) is 0 Å². The second-order valence-corrected chi connectivity index (χ2v) is 12.2. The fourth-order valence-corrected chi connectivity index (χ4v) is 4.97. The highest BCUT2D eigenvalue weighted by atomic mass is 31.1. The van der Waals surface area contributed by atoms with Crippen LogP contribution in [0.4, 0.5) is 0 Å². The Balaban J connectivity index is 2.55. The summed E-state index contributed by atoms with van der Waals surface area (Å²) in [6.45, 7) is 19.5. The lowest BCUT2D eigenvalue weighted by molar-refractivity contribution is 0.430. The lowest BCUT2D eigenvalue weighted by atomic mass is 9.82. The van der Waals surface area contributed by atoms with Gasteiger partial charge in [-0.25, -0.2) is 0 Å². The summed E-state index contributed by atoms with van der Waals surface area (Å²) in [7, 11) is 0.539. The van der Waals surface area contributed by atoms with Gasteiger partial charge in [0.1, 0.15) is 5.75 Å². The Morgan fingerprint density at radius 2 is 1.55 bits per heavy atom. The molecule has 0 fully saturated rings. The van der Waals surface area contributed by atoms with Crippen LogP contribution in [0, 0.1) is 6.92 Å². The number of phenolic OH excluding ortho intramolecular Hbond substituents is 1. The smallest absolute Gasteiger partial charge is 0.123 e. The van der Waals surface area contributed by atoms with Crippen molar-refractivity contribution in [2.45, 2.75) is 84.8 Å². The van der Waals surface area contributed by atoms with Gasteiger partial charge in [-0.2, -0.15) is 0 Å². The predicted molar refractivity (Wildman–Crippen MR) is 131 cm³/mol. The first kappa shape index (κ1) is 23.6. The maximum Gasteiger partial charge on any atom is 0.123 e. The number of aryl methyl sites for hydroxylation is 1. The fraction of sp³-hybridized carbons (Fsp3) is 0.500. The first-order valence-corrected chi connectivity index (χ1v) is 11.5. The first-order valence-electron chi connectivity index (χ1n) is 10.5. The molecule has 0 heterocycles. The minimum atomic E-state index is -0.137. The van der Waals surface area contributed by atoms with E-state index in [1.165, 1.54) is 16.4 Å². The molecule has 2 rings (SSSR count). The average Bonchev–Trinajstić information content (AvgIpc) is 2.61. The van der Waals surface area contributed by atoms with Gasteiger partial charge in [-0.05, 0) is 56.0 Å². The van der Waals surface area contributed by atoms with Crippen LogP contribution in [0.1, 0.15) is 84.1 Å². The molecule has 0 spiro atoms. The van der Waals surface area contributed by atoms with Crippen molar-refractivity contribution in [3.8, 4) is 5.75 Å². The summed E-state index contributed by atoms with van der Waals surface area (Å²) < 4.78 is 0. The van der Waals surface area contributed by atoms with Gasteiger partial charge >= 0.3 is 0 Å². The quantitative estimate of drug-likeness (QED) is 0.424. The first-order chi connectivity index (χ1) is 13.3. The summed E-state index contributed by atoms with van der Waals surface area (Å²) in [5.74, 6) is 0.459. The van der Waals surface area contributed by atoms with Gasteiger partial charge in [-0.15, -0.1) is 0 Å². The van der Waals surface area contributed by atoms with Gasteiger partial charge in [0, 0.05) is 16.9 Å². The third-order valence-electron chi connectivity index (χ3n) is 5.33. The van der Waals surface area contributed by atoms with Crippen molar-refractivity contribution >= 4 is 20.1 Å². The molecule has 2 aromatic rings. The normalized spacial score (nSPS) is 15.3. The van der Waals surface area contributed by atoms with Gasteiger partial charge in [-0.1, -0.05) is 85.2 Å². The van der Waals surface area contributed by atoms with Crippen LogP contribution in [0.2, 0.25) is 0 Å². The molecule has 0 saturated carbocycles. The molecule has 1 N–H and O–H groups in total. The Bertz CT molecular complexity index is 887. The Labute approximate surface area is 179 Å². The van der Waals surface area contributed by atoms with Crippen molar-refractivity contribution in [3.63, 3.8) is 0 Å². The summed E-state index contributed by atoms with van der Waals surface area (Å²) in [5.41, 5.74) is 4.27. The van der Waals surface area contributed by atoms with Crippen LogP contribution >= 0.6 is 8.58 Å². The number of benzene rings is 2. The van der Waals surface area contributed by atoms with Crippen LogP contribution in [0.3, 0.4) is 0 Å². The summed E-state index contributed by atoms with van der Waals surface area (Å²) in [6.07, 6.45) is 2.96. The van der Waals surface area contributed by atoms with Crippen LogP contribution in [0.25, 0.3) is 0 Å². The monoisotopic (exact) mass is 411 g/mol. The van der Waals surface area contributed by atoms with E-state index in [1.807, 2.05) is 6.21 Å². The van der Waals surface area contributed by atoms with E-state index in [9.17, 15) is 5.11 Å². The summed E-state index contributed by atoms with van der Waals surface area (Å²) in [5, 5.41) is 12.4. The van der Waals surface area contributed by atoms with Crippen molar-refractivity contribution < 1.29 is 5.11 Å². The lowest BCUT2D eigenvalue weighted by Gasteiger charge is -2.33. The molecular weight excluding hydrogens is 373 g/mol. The number of nitrogens with zero attached hydrogens (tertiary/aromatic N) is 1. The van der Waals surface area contributed by atoms with E-state index in [0.29, 0.717) is 14.3 Å². The molecule has 0 radical (unpaired) electrons. The number of hydrogen-bond acceptors (Lipinski definition) is 2. The third-order valence-corrected chi connectivity index (χ3v) is 7.23. The van der Waals surface area contributed by atoms with Crippen molar-refractivity contribution in [3.05, 3.63) is 58.7 Å². The number of aliphatic imine (C=N–C) groups is 1. The Morgan fingerprint density at radius 1 is 0.966 bits per heavy atom. The van der Waals surface area contributed by atoms with E-state index in [2.05, 4.69) is 98.7 Å². The van der Waals surface area contributed by atoms with Gasteiger partial charge in [0.05, 0.1) is 5.54 Å². The van der Waals surface area contributed by atoms with E-state index < -0.39 is 0 Å². The molecule has 29 heavy (non-hydrogen) atoms. The highest BCUT2D eigenvalue weighted by Crippen LogP contribution is 2.49. The van der Waals surface area contributed by atoms with Crippen LogP contribution in [0.15, 0.2) is 41.4 Å². The third kappa shape index (κ3) is 5.92. The Morgan fingerprint density at radius 3 is 2.10 bits per heavy atom. The van der Waals surface area contributed by atoms with Crippen LogP contribution < -0.4 is 5.30 Å². The molecule has 0 aromatic heterocycles. The molecular formula is C26H38NOP. The number of aromatic hydroxyl groups is 1. The largest absolute Gasteiger partial charge is 0.507 e. The second kappa shape index (κ2) is 8.60. The number of phenols is 1. The van der Waals surface area contributed by atoms with Crippen molar-refractivity contribution in [2.24, 2.45) is 4.99 Å². The van der Waals surface area contributed by atoms with E-state index in [-0.39, 0.29) is 16.1 Å². The molecule has 0 aliphatic heterocycles. The second-order valence-electron chi connectivity index (χ2n) is 10.3. The van der Waals surface area contributed by atoms with Crippen LogP contribution in [0.5, 0.6) is 5.75 Å². The van der Waals surface area contributed by atoms with Crippen LogP contribution in [-0.4, -0.2) is 16.9 Å². The fourth-order valence-electron chi connectivity index (χ4n) is 3.40. The van der Waals surface area contributed by atoms with Gasteiger partial charge < -0.3 is 5.11 Å². The molecule has 2 unspecified atom stereocenters. The molecule has 0 aliphatic rings. The molecule has 0 bridgehead atoms. The van der Waals surface area contributed by atoms with Crippen molar-refractivity contribution in [2.75, 3.05) is 0 Å². The van der Waals surface area contributed by atoms with E-state index in [4.69, 9.17) is 4.99 Å². The lowest BCUT2D eigenvalue weighted by Crippen LogP contribution is -2.22. The molecule has 2 nitrogen and oxygen atoms in total. The zero-order chi connectivity index (χ0) is 22.0. The molecule has 2 atom stereocenters. The zero-order valence-electron chi connectivity index (χ0n) is 19.6. The Hall–Kier alpha value is -1.66. The number of rotatable bonds is 5. The summed E-state index contributed by atoms with van der Waals surface area (Å²) in [6, 6.07) is 12.8. The van der Waals surface area contributed by atoms with E-state index in [1.54, 1.807) is 0 Å². The van der Waals surface area contributed by atoms with Crippen molar-refractivity contribution in [1.82, 2.24) is 0 Å². The highest BCUT2D eigenvalue weighted by molar-refractivity contribution is 7.48. The molecule has 0 aliphatic carbocycles. The topological polar surface area (TPSA) is 32.6 Å². The van der Waals surface area contributed by atoms with Gasteiger partial charge in [0.15, 0.2) is 0 Å². The van der Waals surface area contributed by atoms with Crippen molar-refractivity contribution in [1.29, 1.82) is 0 Å². The van der Waals surface area contributed by atoms with Gasteiger partial charge in [0.25, 0.3) is 0 Å². The highest BCUT2D eigenvalue weighted by Gasteiger charge is 2.32. The van der Waals surface area contributed by atoms with E-state index in [0.717, 1.165) is 17.5 Å². The average molecular weight is 412 g/mol. The summed E-state index contributed by atoms with van der Waals surface area (Å²) in [4.78, 5) is 4.72. The zero-order valence-corrected chi connectivity index (χ0v) is 20.6. The Kier molecular flexibility index (Phi) is 7.01. The summed E-state index contributed by atoms with van der Waals surface area (Å²) >= 11 is 0. The van der Waals surface area contributed by atoms with Crippen LogP contribution in [-0.2, 0) is 10.6 Å². The minimum absolute atomic E-state index is 0.0965. The maximum atomic E-state index is 11.3. The molecule has 3 heteroatoms. The number of hydrogen-bond donors (Lipinski definition) is 1. The molecule has 0 amide bonds. The maximum absolute atomic E-state index is 11.3. The standard InChI is InChI=1S/C26H38NOP/c1-10-26(9,21-16-18(2)15-20(23(21)28)24(3,4)5)29-22-14-12-11-13-19(22)17-27-25(6,7)8/h11-17,28-29H,10H2,1-9H3. The predicted octanol–water partition coefficient (Wildman–Crippen LogP) is 6.84. The molecule has 158 valence electrons.